The van der Waals surface area contributed by atoms with Crippen molar-refractivity contribution in [1.82, 2.24) is 5.32 Å². The topological polar surface area (TPSA) is 46.2 Å². The van der Waals surface area contributed by atoms with Crippen LogP contribution in [0.4, 0.5) is 0 Å². The molecule has 3 nitrogen and oxygen atoms in total. The molecule has 0 amide bonds. The number of halogens is 2. The summed E-state index contributed by atoms with van der Waals surface area (Å²) in [7, 11) is -2.90. The number of hydrogen-bond acceptors (Lipinski definition) is 3. The maximum atomic E-state index is 11.6. The number of sulfone groups is 1. The first kappa shape index (κ1) is 15.3. The van der Waals surface area contributed by atoms with Crippen molar-refractivity contribution < 1.29 is 8.42 Å². The lowest BCUT2D eigenvalue weighted by Crippen LogP contribution is -2.44. The maximum Gasteiger partial charge on any atom is 0.152 e. The molecule has 0 spiro atoms. The summed E-state index contributed by atoms with van der Waals surface area (Å²) >= 11 is 9.60. The number of hydrogen-bond donors (Lipinski definition) is 1. The van der Waals surface area contributed by atoms with E-state index >= 15 is 0 Å². The summed E-state index contributed by atoms with van der Waals surface area (Å²) in [5.74, 6) is 0.454. The first-order valence-electron chi connectivity index (χ1n) is 6.14. The molecule has 0 saturated carbocycles. The summed E-state index contributed by atoms with van der Waals surface area (Å²) in [6, 6.07) is 5.76. The van der Waals surface area contributed by atoms with Gasteiger partial charge in [-0.1, -0.05) is 33.6 Å². The molecule has 1 N–H and O–H groups in total. The van der Waals surface area contributed by atoms with Crippen molar-refractivity contribution in [2.75, 3.05) is 11.5 Å². The molecule has 2 unspecified atom stereocenters. The van der Waals surface area contributed by atoms with Crippen LogP contribution >= 0.6 is 27.5 Å². The molecule has 2 atom stereocenters. The van der Waals surface area contributed by atoms with Crippen LogP contribution in [0.25, 0.3) is 0 Å². The first-order valence-corrected chi connectivity index (χ1v) is 9.13. The predicted molar refractivity (Wildman–Crippen MR) is 82.4 cm³/mol. The van der Waals surface area contributed by atoms with Crippen LogP contribution in [0.15, 0.2) is 22.7 Å². The van der Waals surface area contributed by atoms with Gasteiger partial charge in [0.05, 0.1) is 11.5 Å². The molecule has 1 aliphatic heterocycles. The second-order valence-corrected chi connectivity index (χ2v) is 8.94. The third-order valence-electron chi connectivity index (χ3n) is 3.50. The van der Waals surface area contributed by atoms with E-state index < -0.39 is 9.84 Å². The number of benzene rings is 1. The monoisotopic (exact) mass is 365 g/mol. The quantitative estimate of drug-likeness (QED) is 0.892. The summed E-state index contributed by atoms with van der Waals surface area (Å²) in [6.07, 6.45) is 0.647. The normalized spacial score (nSPS) is 27.4. The van der Waals surface area contributed by atoms with Gasteiger partial charge in [0, 0.05) is 21.1 Å². The molecule has 6 heteroatoms. The van der Waals surface area contributed by atoms with Gasteiger partial charge in [-0.15, -0.1) is 0 Å². The molecule has 106 valence electrons. The number of rotatable bonds is 3. The zero-order valence-corrected chi connectivity index (χ0v) is 14.1. The molecular formula is C13H17BrClNO2S. The minimum absolute atomic E-state index is 0.0129. The Morgan fingerprint density at radius 1 is 1.47 bits per heavy atom. The molecule has 1 heterocycles. The zero-order valence-electron chi connectivity index (χ0n) is 10.9. The average Bonchev–Trinajstić information content (AvgIpc) is 2.52. The molecule has 2 rings (SSSR count). The highest BCUT2D eigenvalue weighted by Gasteiger charge is 2.39. The Kier molecular flexibility index (Phi) is 4.31. The number of nitrogens with one attached hydrogen (secondary N) is 1. The molecule has 0 aliphatic carbocycles. The van der Waals surface area contributed by atoms with E-state index in [0.717, 1.165) is 10.0 Å². The van der Waals surface area contributed by atoms with E-state index in [1.54, 1.807) is 0 Å². The highest BCUT2D eigenvalue weighted by Crippen LogP contribution is 2.30. The largest absolute Gasteiger partial charge is 0.304 e. The SMILES string of the molecule is CC(NC1(C)CCS(=O)(=O)C1)c1ccc(Br)cc1Cl. The molecule has 0 radical (unpaired) electrons. The molecule has 1 aromatic rings. The van der Waals surface area contributed by atoms with Crippen LogP contribution in [-0.4, -0.2) is 25.5 Å². The van der Waals surface area contributed by atoms with Crippen molar-refractivity contribution in [3.05, 3.63) is 33.3 Å². The highest BCUT2D eigenvalue weighted by molar-refractivity contribution is 9.10. The minimum Gasteiger partial charge on any atom is -0.304 e. The van der Waals surface area contributed by atoms with Gasteiger partial charge in [-0.25, -0.2) is 8.42 Å². The summed E-state index contributed by atoms with van der Waals surface area (Å²) in [6.45, 7) is 3.96. The van der Waals surface area contributed by atoms with Crippen molar-refractivity contribution in [2.45, 2.75) is 31.8 Å². The van der Waals surface area contributed by atoms with Crippen molar-refractivity contribution in [3.63, 3.8) is 0 Å². The van der Waals surface area contributed by atoms with Crippen molar-refractivity contribution >= 4 is 37.4 Å². The smallest absolute Gasteiger partial charge is 0.152 e. The van der Waals surface area contributed by atoms with Gasteiger partial charge in [0.25, 0.3) is 0 Å². The van der Waals surface area contributed by atoms with Crippen molar-refractivity contribution in [1.29, 1.82) is 0 Å². The van der Waals surface area contributed by atoms with Crippen LogP contribution in [0, 0.1) is 0 Å². The summed E-state index contributed by atoms with van der Waals surface area (Å²) in [4.78, 5) is 0. The second-order valence-electron chi connectivity index (χ2n) is 5.43. The molecule has 19 heavy (non-hydrogen) atoms. The first-order chi connectivity index (χ1) is 8.71. The molecule has 1 fully saturated rings. The molecule has 1 saturated heterocycles. The van der Waals surface area contributed by atoms with Crippen LogP contribution < -0.4 is 5.32 Å². The van der Waals surface area contributed by atoms with E-state index in [-0.39, 0.29) is 23.1 Å². The molecule has 0 aromatic heterocycles. The Labute approximate surface area is 127 Å². The van der Waals surface area contributed by atoms with Crippen LogP contribution in [-0.2, 0) is 9.84 Å². The van der Waals surface area contributed by atoms with Gasteiger partial charge in [0.2, 0.25) is 0 Å². The van der Waals surface area contributed by atoms with Gasteiger partial charge in [-0.05, 0) is 38.0 Å². The third-order valence-corrected chi connectivity index (χ3v) is 6.22. The standard InChI is InChI=1S/C13H17BrClNO2S/c1-9(11-4-3-10(14)7-12(11)15)16-13(2)5-6-19(17,18)8-13/h3-4,7,9,16H,5-6,8H2,1-2H3. The van der Waals surface area contributed by atoms with Gasteiger partial charge >= 0.3 is 0 Å². The van der Waals surface area contributed by atoms with Crippen molar-refractivity contribution in [3.8, 4) is 0 Å². The Bertz CT molecular complexity index is 590. The van der Waals surface area contributed by atoms with Gasteiger partial charge in [-0.2, -0.15) is 0 Å². The fourth-order valence-electron chi connectivity index (χ4n) is 2.58. The van der Waals surface area contributed by atoms with Crippen LogP contribution in [0.5, 0.6) is 0 Å². The Balaban J connectivity index is 2.15. The van der Waals surface area contributed by atoms with Gasteiger partial charge in [0.1, 0.15) is 0 Å². The van der Waals surface area contributed by atoms with Crippen LogP contribution in [0.3, 0.4) is 0 Å². The molecule has 0 bridgehead atoms. The van der Waals surface area contributed by atoms with Crippen molar-refractivity contribution in [2.24, 2.45) is 0 Å². The Morgan fingerprint density at radius 2 is 2.16 bits per heavy atom. The van der Waals surface area contributed by atoms with E-state index in [1.807, 2.05) is 32.0 Å². The minimum atomic E-state index is -2.90. The fraction of sp³-hybridized carbons (Fsp3) is 0.538. The lowest BCUT2D eigenvalue weighted by Gasteiger charge is -2.29. The molecule has 1 aromatic carbocycles. The summed E-state index contributed by atoms with van der Waals surface area (Å²) in [5, 5.41) is 4.09. The van der Waals surface area contributed by atoms with Crippen LogP contribution in [0.1, 0.15) is 31.9 Å². The van der Waals surface area contributed by atoms with E-state index in [1.165, 1.54) is 0 Å². The van der Waals surface area contributed by atoms with E-state index in [0.29, 0.717) is 11.4 Å². The van der Waals surface area contributed by atoms with Gasteiger partial charge in [0.15, 0.2) is 9.84 Å². The average molecular weight is 367 g/mol. The summed E-state index contributed by atoms with van der Waals surface area (Å²) in [5.41, 5.74) is 0.615. The van der Waals surface area contributed by atoms with Gasteiger partial charge in [-0.3, -0.25) is 0 Å². The lowest BCUT2D eigenvalue weighted by atomic mass is 9.98. The molecule has 1 aliphatic rings. The van der Waals surface area contributed by atoms with Crippen LogP contribution in [0.2, 0.25) is 5.02 Å². The predicted octanol–water partition coefficient (Wildman–Crippen LogP) is 3.33. The van der Waals surface area contributed by atoms with Gasteiger partial charge < -0.3 is 5.32 Å². The maximum absolute atomic E-state index is 11.6. The fourth-order valence-corrected chi connectivity index (χ4v) is 5.52. The third kappa shape index (κ3) is 3.72. The highest BCUT2D eigenvalue weighted by atomic mass is 79.9. The van der Waals surface area contributed by atoms with E-state index in [2.05, 4.69) is 21.2 Å². The molecular weight excluding hydrogens is 350 g/mol. The second kappa shape index (κ2) is 5.35. The lowest BCUT2D eigenvalue weighted by molar-refractivity contribution is 0.355. The Morgan fingerprint density at radius 3 is 2.68 bits per heavy atom. The van der Waals surface area contributed by atoms with E-state index in [4.69, 9.17) is 11.6 Å². The van der Waals surface area contributed by atoms with E-state index in [9.17, 15) is 8.42 Å². The summed E-state index contributed by atoms with van der Waals surface area (Å²) < 4.78 is 24.1. The zero-order chi connectivity index (χ0) is 14.3. The Hall–Kier alpha value is -0.100.